The van der Waals surface area contributed by atoms with Crippen LogP contribution in [-0.4, -0.2) is 22.8 Å². The van der Waals surface area contributed by atoms with Crippen molar-refractivity contribution in [1.82, 2.24) is 10.2 Å². The number of rotatable bonds is 3. The van der Waals surface area contributed by atoms with Gasteiger partial charge in [-0.25, -0.2) is 9.18 Å². The highest BCUT2D eigenvalue weighted by atomic mass is 79.9. The summed E-state index contributed by atoms with van der Waals surface area (Å²) in [7, 11) is 0. The summed E-state index contributed by atoms with van der Waals surface area (Å²) in [6, 6.07) is 6.34. The Morgan fingerprint density at radius 3 is 3.06 bits per heavy atom. The first-order chi connectivity index (χ1) is 8.63. The molecule has 0 radical (unpaired) electrons. The molecule has 0 bridgehead atoms. The minimum atomic E-state index is -0.508. The lowest BCUT2D eigenvalue weighted by molar-refractivity contribution is 0.0519. The summed E-state index contributed by atoms with van der Waals surface area (Å²) in [5, 5.41) is 6.43. The van der Waals surface area contributed by atoms with Crippen LogP contribution in [-0.2, 0) is 4.74 Å². The number of benzene rings is 1. The van der Waals surface area contributed by atoms with Crippen LogP contribution in [0.25, 0.3) is 11.3 Å². The second-order valence-corrected chi connectivity index (χ2v) is 4.34. The van der Waals surface area contributed by atoms with Crippen molar-refractivity contribution in [3.8, 4) is 11.3 Å². The van der Waals surface area contributed by atoms with Crippen LogP contribution >= 0.6 is 15.9 Å². The van der Waals surface area contributed by atoms with E-state index in [1.807, 2.05) is 0 Å². The first-order valence-corrected chi connectivity index (χ1v) is 6.09. The fourth-order valence-electron chi connectivity index (χ4n) is 1.47. The first-order valence-electron chi connectivity index (χ1n) is 5.30. The van der Waals surface area contributed by atoms with Gasteiger partial charge in [0, 0.05) is 5.56 Å². The van der Waals surface area contributed by atoms with Crippen molar-refractivity contribution >= 4 is 21.9 Å². The summed E-state index contributed by atoms with van der Waals surface area (Å²) in [5.74, 6) is -0.925. The molecule has 0 aliphatic carbocycles. The van der Waals surface area contributed by atoms with Gasteiger partial charge >= 0.3 is 5.97 Å². The minimum absolute atomic E-state index is 0.200. The van der Waals surface area contributed by atoms with Crippen LogP contribution in [0.15, 0.2) is 28.7 Å². The molecule has 1 aromatic heterocycles. The number of H-pyrrole nitrogens is 1. The maximum atomic E-state index is 13.8. The molecule has 0 fully saturated rings. The van der Waals surface area contributed by atoms with Gasteiger partial charge in [0.25, 0.3) is 0 Å². The smallest absolute Gasteiger partial charge is 0.356 e. The van der Waals surface area contributed by atoms with Crippen molar-refractivity contribution < 1.29 is 13.9 Å². The van der Waals surface area contributed by atoms with E-state index >= 15 is 0 Å². The summed E-state index contributed by atoms with van der Waals surface area (Å²) >= 11 is 3.10. The molecule has 94 valence electrons. The quantitative estimate of drug-likeness (QED) is 0.886. The van der Waals surface area contributed by atoms with Crippen LogP contribution in [0, 0.1) is 5.82 Å². The molecule has 0 unspecified atom stereocenters. The first kappa shape index (κ1) is 12.8. The average molecular weight is 313 g/mol. The number of halogens is 2. The highest BCUT2D eigenvalue weighted by Gasteiger charge is 2.15. The fourth-order valence-corrected chi connectivity index (χ4v) is 1.84. The molecule has 1 heterocycles. The van der Waals surface area contributed by atoms with Crippen LogP contribution in [0.4, 0.5) is 4.39 Å². The Kier molecular flexibility index (Phi) is 3.76. The zero-order valence-corrected chi connectivity index (χ0v) is 11.1. The van der Waals surface area contributed by atoms with Gasteiger partial charge in [-0.2, -0.15) is 5.10 Å². The predicted octanol–water partition coefficient (Wildman–Crippen LogP) is 3.16. The van der Waals surface area contributed by atoms with E-state index < -0.39 is 11.8 Å². The second kappa shape index (κ2) is 5.30. The third-order valence-electron chi connectivity index (χ3n) is 2.30. The molecular formula is C12H10BrFN2O2. The number of nitrogens with zero attached hydrogens (tertiary/aromatic N) is 1. The van der Waals surface area contributed by atoms with E-state index in [1.165, 1.54) is 6.07 Å². The van der Waals surface area contributed by atoms with Crippen LogP contribution in [0.2, 0.25) is 0 Å². The fraction of sp³-hybridized carbons (Fsp3) is 0.167. The largest absolute Gasteiger partial charge is 0.461 e. The molecule has 0 aliphatic heterocycles. The molecule has 1 N–H and O–H groups in total. The summed E-state index contributed by atoms with van der Waals surface area (Å²) in [5.41, 5.74) is 0.874. The van der Waals surface area contributed by atoms with Gasteiger partial charge in [0.05, 0.1) is 16.8 Å². The van der Waals surface area contributed by atoms with Gasteiger partial charge in [-0.15, -0.1) is 0 Å². The normalized spacial score (nSPS) is 10.4. The second-order valence-electron chi connectivity index (χ2n) is 3.49. The Bertz CT molecular complexity index is 583. The van der Waals surface area contributed by atoms with E-state index in [-0.39, 0.29) is 12.3 Å². The standard InChI is InChI=1S/C12H10BrFN2O2/c1-2-18-12(17)10-6-9(15-16-10)7-4-3-5-8(13)11(7)14/h3-6H,2H2,1H3,(H,15,16). The Morgan fingerprint density at radius 1 is 1.56 bits per heavy atom. The number of carbonyl (C=O) groups excluding carboxylic acids is 1. The summed E-state index contributed by atoms with van der Waals surface area (Å²) in [6.07, 6.45) is 0. The van der Waals surface area contributed by atoms with Crippen molar-refractivity contribution in [3.63, 3.8) is 0 Å². The number of esters is 1. The maximum Gasteiger partial charge on any atom is 0.356 e. The Morgan fingerprint density at radius 2 is 2.33 bits per heavy atom. The highest BCUT2D eigenvalue weighted by Crippen LogP contribution is 2.26. The van der Waals surface area contributed by atoms with Gasteiger partial charge in [-0.1, -0.05) is 6.07 Å². The molecule has 4 nitrogen and oxygen atoms in total. The average Bonchev–Trinajstić information content (AvgIpc) is 2.82. The maximum absolute atomic E-state index is 13.8. The lowest BCUT2D eigenvalue weighted by Crippen LogP contribution is -2.04. The van der Waals surface area contributed by atoms with E-state index in [4.69, 9.17) is 4.74 Å². The lowest BCUT2D eigenvalue weighted by Gasteiger charge is -2.00. The van der Waals surface area contributed by atoms with Crippen LogP contribution in [0.1, 0.15) is 17.4 Å². The molecule has 18 heavy (non-hydrogen) atoms. The van der Waals surface area contributed by atoms with Crippen molar-refractivity contribution in [2.24, 2.45) is 0 Å². The van der Waals surface area contributed by atoms with E-state index in [9.17, 15) is 9.18 Å². The van der Waals surface area contributed by atoms with Crippen molar-refractivity contribution in [3.05, 3.63) is 40.2 Å². The summed E-state index contributed by atoms with van der Waals surface area (Å²) in [4.78, 5) is 11.4. The zero-order valence-electron chi connectivity index (χ0n) is 9.54. The number of carbonyl (C=O) groups is 1. The van der Waals surface area contributed by atoms with Gasteiger partial charge in [0.15, 0.2) is 0 Å². The number of hydrogen-bond donors (Lipinski definition) is 1. The number of nitrogens with one attached hydrogen (secondary N) is 1. The van der Waals surface area contributed by atoms with E-state index in [0.29, 0.717) is 15.7 Å². The van der Waals surface area contributed by atoms with Gasteiger partial charge in [-0.05, 0) is 41.1 Å². The predicted molar refractivity (Wildman–Crippen MR) is 67.6 cm³/mol. The molecule has 0 amide bonds. The number of ether oxygens (including phenoxy) is 1. The molecule has 0 aliphatic rings. The number of aromatic amines is 1. The van der Waals surface area contributed by atoms with E-state index in [2.05, 4.69) is 26.1 Å². The van der Waals surface area contributed by atoms with Crippen LogP contribution < -0.4 is 0 Å². The Labute approximate surface area is 111 Å². The SMILES string of the molecule is CCOC(=O)c1cc(-c2cccc(Br)c2F)n[nH]1. The minimum Gasteiger partial charge on any atom is -0.461 e. The molecule has 2 rings (SSSR count). The molecule has 0 saturated heterocycles. The van der Waals surface area contributed by atoms with E-state index in [1.54, 1.807) is 25.1 Å². The van der Waals surface area contributed by atoms with Crippen molar-refractivity contribution in [1.29, 1.82) is 0 Å². The Hall–Kier alpha value is -1.69. The molecule has 1 aromatic carbocycles. The molecule has 0 atom stereocenters. The molecule has 2 aromatic rings. The van der Waals surface area contributed by atoms with Crippen molar-refractivity contribution in [2.75, 3.05) is 6.61 Å². The molecule has 6 heteroatoms. The zero-order chi connectivity index (χ0) is 13.1. The molecule has 0 saturated carbocycles. The van der Waals surface area contributed by atoms with Gasteiger partial charge in [0.2, 0.25) is 0 Å². The van der Waals surface area contributed by atoms with Crippen LogP contribution in [0.5, 0.6) is 0 Å². The molecule has 0 spiro atoms. The lowest BCUT2D eigenvalue weighted by atomic mass is 10.1. The van der Waals surface area contributed by atoms with E-state index in [0.717, 1.165) is 0 Å². The highest BCUT2D eigenvalue weighted by molar-refractivity contribution is 9.10. The third kappa shape index (κ3) is 2.43. The topological polar surface area (TPSA) is 55.0 Å². The number of aromatic nitrogens is 2. The summed E-state index contributed by atoms with van der Waals surface area (Å²) < 4.78 is 19.0. The Balaban J connectivity index is 2.35. The molecular weight excluding hydrogens is 303 g/mol. The number of hydrogen-bond acceptors (Lipinski definition) is 3. The third-order valence-corrected chi connectivity index (χ3v) is 2.91. The monoisotopic (exact) mass is 312 g/mol. The van der Waals surface area contributed by atoms with Gasteiger partial charge in [0.1, 0.15) is 11.5 Å². The van der Waals surface area contributed by atoms with Crippen LogP contribution in [0.3, 0.4) is 0 Å². The van der Waals surface area contributed by atoms with Crippen molar-refractivity contribution in [2.45, 2.75) is 6.92 Å². The summed E-state index contributed by atoms with van der Waals surface area (Å²) in [6.45, 7) is 1.99. The van der Waals surface area contributed by atoms with Gasteiger partial charge in [-0.3, -0.25) is 5.10 Å². The van der Waals surface area contributed by atoms with Gasteiger partial charge < -0.3 is 4.74 Å².